The van der Waals surface area contributed by atoms with Gasteiger partial charge in [-0.1, -0.05) is 6.92 Å². The molecule has 1 unspecified atom stereocenters. The van der Waals surface area contributed by atoms with Crippen molar-refractivity contribution in [2.45, 2.75) is 38.6 Å². The molecule has 0 aromatic carbocycles. The fourth-order valence-corrected chi connectivity index (χ4v) is 2.77. The first-order valence-electron chi connectivity index (χ1n) is 7.61. The summed E-state index contributed by atoms with van der Waals surface area (Å²) in [5, 5.41) is 3.14. The van der Waals surface area contributed by atoms with Crippen LogP contribution in [0, 0.1) is 0 Å². The number of likely N-dealkylation sites (N-methyl/N-ethyl adjacent to an activating group) is 2. The predicted molar refractivity (Wildman–Crippen MR) is 84.5 cm³/mol. The van der Waals surface area contributed by atoms with Gasteiger partial charge in [-0.05, 0) is 32.9 Å². The number of hydrogen-bond acceptors (Lipinski definition) is 5. The second-order valence-electron chi connectivity index (χ2n) is 5.70. The summed E-state index contributed by atoms with van der Waals surface area (Å²) >= 11 is 0. The summed E-state index contributed by atoms with van der Waals surface area (Å²) in [5.74, 6) is 2.88. The summed E-state index contributed by atoms with van der Waals surface area (Å²) in [6, 6.07) is 2.59. The lowest BCUT2D eigenvalue weighted by molar-refractivity contribution is 0.247. The van der Waals surface area contributed by atoms with E-state index in [0.717, 1.165) is 36.8 Å². The molecule has 1 atom stereocenters. The van der Waals surface area contributed by atoms with Crippen LogP contribution < -0.4 is 10.2 Å². The van der Waals surface area contributed by atoms with Crippen LogP contribution in [0.4, 0.5) is 11.6 Å². The Labute approximate surface area is 122 Å². The molecule has 0 spiro atoms. The fraction of sp³-hybridized carbons (Fsp3) is 0.733. The molecule has 1 saturated heterocycles. The van der Waals surface area contributed by atoms with Gasteiger partial charge >= 0.3 is 0 Å². The van der Waals surface area contributed by atoms with Crippen molar-refractivity contribution in [1.82, 2.24) is 14.9 Å². The largest absolute Gasteiger partial charge is 0.373 e. The number of nitrogens with zero attached hydrogens (tertiary/aromatic N) is 4. The molecule has 20 heavy (non-hydrogen) atoms. The summed E-state index contributed by atoms with van der Waals surface area (Å²) < 4.78 is 0. The van der Waals surface area contributed by atoms with Crippen LogP contribution in [0.3, 0.4) is 0 Å². The molecule has 5 heteroatoms. The van der Waals surface area contributed by atoms with Crippen LogP contribution in [0.5, 0.6) is 0 Å². The Hall–Kier alpha value is -1.36. The van der Waals surface area contributed by atoms with E-state index in [1.807, 2.05) is 13.1 Å². The number of hydrogen-bond donors (Lipinski definition) is 1. The molecule has 112 valence electrons. The average molecular weight is 277 g/mol. The summed E-state index contributed by atoms with van der Waals surface area (Å²) in [7, 11) is 6.26. The zero-order valence-corrected chi connectivity index (χ0v) is 13.2. The van der Waals surface area contributed by atoms with Gasteiger partial charge in [0.2, 0.25) is 0 Å². The Balaban J connectivity index is 2.19. The van der Waals surface area contributed by atoms with E-state index in [9.17, 15) is 0 Å². The van der Waals surface area contributed by atoms with Gasteiger partial charge in [0, 0.05) is 39.2 Å². The third-order valence-electron chi connectivity index (χ3n) is 4.00. The fourth-order valence-electron chi connectivity index (χ4n) is 2.77. The standard InChI is InChI=1S/C15H27N5/c1-5-7-13-17-14(16-2)10-15(18-13)20(4)12-8-6-9-19(3)11-12/h10,12H,5-9,11H2,1-4H3,(H,16,17,18). The molecule has 0 radical (unpaired) electrons. The average Bonchev–Trinajstić information content (AvgIpc) is 2.46. The van der Waals surface area contributed by atoms with E-state index in [-0.39, 0.29) is 0 Å². The molecule has 1 aliphatic heterocycles. The topological polar surface area (TPSA) is 44.3 Å². The van der Waals surface area contributed by atoms with E-state index in [1.165, 1.54) is 19.4 Å². The smallest absolute Gasteiger partial charge is 0.134 e. The molecule has 0 bridgehead atoms. The SMILES string of the molecule is CCCc1nc(NC)cc(N(C)C2CCCN(C)C2)n1. The van der Waals surface area contributed by atoms with Gasteiger partial charge in [-0.3, -0.25) is 0 Å². The van der Waals surface area contributed by atoms with Crippen molar-refractivity contribution in [2.75, 3.05) is 44.4 Å². The molecule has 0 aliphatic carbocycles. The molecular formula is C15H27N5. The Kier molecular flexibility index (Phi) is 5.17. The second kappa shape index (κ2) is 6.88. The minimum Gasteiger partial charge on any atom is -0.373 e. The lowest BCUT2D eigenvalue weighted by Crippen LogP contribution is -2.45. The second-order valence-corrected chi connectivity index (χ2v) is 5.70. The maximum absolute atomic E-state index is 4.73. The molecular weight excluding hydrogens is 250 g/mol. The van der Waals surface area contributed by atoms with Crippen LogP contribution in [0.1, 0.15) is 32.0 Å². The first-order chi connectivity index (χ1) is 9.63. The molecule has 1 N–H and O–H groups in total. The van der Waals surface area contributed by atoms with Gasteiger partial charge < -0.3 is 15.1 Å². The number of aromatic nitrogens is 2. The van der Waals surface area contributed by atoms with E-state index in [2.05, 4.69) is 41.1 Å². The summed E-state index contributed by atoms with van der Waals surface area (Å²) in [5.41, 5.74) is 0. The molecule has 0 amide bonds. The van der Waals surface area contributed by atoms with E-state index in [1.54, 1.807) is 0 Å². The molecule has 1 fully saturated rings. The third kappa shape index (κ3) is 3.60. The molecule has 2 heterocycles. The van der Waals surface area contributed by atoms with Gasteiger partial charge in [0.15, 0.2) is 0 Å². The number of aryl methyl sites for hydroxylation is 1. The molecule has 1 aromatic rings. The van der Waals surface area contributed by atoms with E-state index >= 15 is 0 Å². The highest BCUT2D eigenvalue weighted by atomic mass is 15.2. The molecule has 1 aromatic heterocycles. The van der Waals surface area contributed by atoms with Gasteiger partial charge in [0.1, 0.15) is 17.5 Å². The Bertz CT molecular complexity index is 434. The van der Waals surface area contributed by atoms with Gasteiger partial charge in [0.25, 0.3) is 0 Å². The molecule has 0 saturated carbocycles. The van der Waals surface area contributed by atoms with Crippen molar-refractivity contribution in [1.29, 1.82) is 0 Å². The first kappa shape index (κ1) is 15.0. The van der Waals surface area contributed by atoms with Crippen molar-refractivity contribution in [3.63, 3.8) is 0 Å². The minimum absolute atomic E-state index is 0.544. The predicted octanol–water partition coefficient (Wildman–Crippen LogP) is 2.00. The van der Waals surface area contributed by atoms with Crippen molar-refractivity contribution < 1.29 is 0 Å². The van der Waals surface area contributed by atoms with E-state index in [0.29, 0.717) is 6.04 Å². The maximum atomic E-state index is 4.73. The number of rotatable bonds is 5. The van der Waals surface area contributed by atoms with E-state index < -0.39 is 0 Å². The van der Waals surface area contributed by atoms with Crippen LogP contribution in [0.2, 0.25) is 0 Å². The zero-order valence-electron chi connectivity index (χ0n) is 13.2. The van der Waals surface area contributed by atoms with Gasteiger partial charge in [-0.2, -0.15) is 0 Å². The molecule has 1 aliphatic rings. The zero-order chi connectivity index (χ0) is 14.5. The van der Waals surface area contributed by atoms with Gasteiger partial charge in [-0.15, -0.1) is 0 Å². The summed E-state index contributed by atoms with van der Waals surface area (Å²) in [6.45, 7) is 4.48. The number of nitrogens with one attached hydrogen (secondary N) is 1. The van der Waals surface area contributed by atoms with Crippen LogP contribution >= 0.6 is 0 Å². The lowest BCUT2D eigenvalue weighted by Gasteiger charge is -2.36. The quantitative estimate of drug-likeness (QED) is 0.892. The highest BCUT2D eigenvalue weighted by Gasteiger charge is 2.22. The van der Waals surface area contributed by atoms with Crippen LogP contribution in [-0.2, 0) is 6.42 Å². The van der Waals surface area contributed by atoms with Crippen molar-refractivity contribution in [2.24, 2.45) is 0 Å². The number of likely N-dealkylation sites (tertiary alicyclic amines) is 1. The monoisotopic (exact) mass is 277 g/mol. The van der Waals surface area contributed by atoms with E-state index in [4.69, 9.17) is 4.98 Å². The Morgan fingerprint density at radius 2 is 2.25 bits per heavy atom. The maximum Gasteiger partial charge on any atom is 0.134 e. The minimum atomic E-state index is 0.544. The normalized spacial score (nSPS) is 19.9. The third-order valence-corrected chi connectivity index (χ3v) is 4.00. The van der Waals surface area contributed by atoms with Crippen LogP contribution in [0.15, 0.2) is 6.07 Å². The van der Waals surface area contributed by atoms with Crippen LogP contribution in [-0.4, -0.2) is 55.1 Å². The first-order valence-corrected chi connectivity index (χ1v) is 7.61. The Morgan fingerprint density at radius 1 is 1.45 bits per heavy atom. The highest BCUT2D eigenvalue weighted by Crippen LogP contribution is 2.21. The summed E-state index contributed by atoms with van der Waals surface area (Å²) in [6.07, 6.45) is 4.50. The van der Waals surface area contributed by atoms with Crippen molar-refractivity contribution in [3.8, 4) is 0 Å². The molecule has 5 nitrogen and oxygen atoms in total. The summed E-state index contributed by atoms with van der Waals surface area (Å²) in [4.78, 5) is 14.0. The number of anilines is 2. The van der Waals surface area contributed by atoms with Crippen LogP contribution in [0.25, 0.3) is 0 Å². The highest BCUT2D eigenvalue weighted by molar-refractivity contribution is 5.49. The Morgan fingerprint density at radius 3 is 2.90 bits per heavy atom. The molecule has 2 rings (SSSR count). The number of piperidine rings is 1. The van der Waals surface area contributed by atoms with Gasteiger partial charge in [-0.25, -0.2) is 9.97 Å². The van der Waals surface area contributed by atoms with Gasteiger partial charge in [0.05, 0.1) is 0 Å². The lowest BCUT2D eigenvalue weighted by atomic mass is 10.1. The van der Waals surface area contributed by atoms with Crippen molar-refractivity contribution in [3.05, 3.63) is 11.9 Å². The van der Waals surface area contributed by atoms with Crippen molar-refractivity contribution >= 4 is 11.6 Å².